The molecule has 0 bridgehead atoms. The van der Waals surface area contributed by atoms with E-state index >= 15 is 0 Å². The summed E-state index contributed by atoms with van der Waals surface area (Å²) in [6.07, 6.45) is 0.619. The molecule has 0 aromatic heterocycles. The lowest BCUT2D eigenvalue weighted by molar-refractivity contribution is 0.171. The topological polar surface area (TPSA) is 34.2 Å². The molecule has 4 rings (SSSR count). The molecule has 0 atom stereocenters. The van der Waals surface area contributed by atoms with Crippen molar-refractivity contribution in [1.29, 1.82) is 0 Å². The van der Waals surface area contributed by atoms with E-state index in [9.17, 15) is 13.2 Å². The molecule has 1 saturated heterocycles. The van der Waals surface area contributed by atoms with Gasteiger partial charge in [-0.05, 0) is 18.6 Å². The summed E-state index contributed by atoms with van der Waals surface area (Å²) in [5.41, 5.74) is 1.05. The Hall–Kier alpha value is -2.61. The van der Waals surface area contributed by atoms with E-state index in [1.54, 1.807) is 0 Å². The average Bonchev–Trinajstić information content (AvgIpc) is 2.72. The van der Waals surface area contributed by atoms with Gasteiger partial charge in [-0.25, -0.2) is 13.2 Å². The molecule has 2 aliphatic rings. The van der Waals surface area contributed by atoms with Crippen LogP contribution in [-0.4, -0.2) is 57.4 Å². The Kier molecular flexibility index (Phi) is 5.99. The van der Waals surface area contributed by atoms with E-state index in [1.165, 1.54) is 0 Å². The highest BCUT2D eigenvalue weighted by Gasteiger charge is 2.23. The van der Waals surface area contributed by atoms with Crippen LogP contribution in [-0.2, 0) is 0 Å². The van der Waals surface area contributed by atoms with Crippen molar-refractivity contribution in [1.82, 2.24) is 4.90 Å². The maximum atomic E-state index is 13.6. The molecule has 0 radical (unpaired) electrons. The average molecular weight is 408 g/mol. The predicted octanol–water partition coefficient (Wildman–Crippen LogP) is 3.47. The minimum Gasteiger partial charge on any atom is -0.488 e. The highest BCUT2D eigenvalue weighted by molar-refractivity contribution is 5.65. The lowest BCUT2D eigenvalue weighted by Crippen LogP contribution is -2.47. The normalized spacial score (nSPS) is 16.7. The quantitative estimate of drug-likeness (QED) is 0.684. The molecular formula is C21H23F3N2O3. The molecule has 29 heavy (non-hydrogen) atoms. The molecule has 0 unspecified atom stereocenters. The third kappa shape index (κ3) is 4.53. The number of fused-ring (bicyclic) bond motifs is 1. The van der Waals surface area contributed by atoms with Crippen molar-refractivity contribution in [2.75, 3.05) is 57.4 Å². The predicted molar refractivity (Wildman–Crippen MR) is 103 cm³/mol. The second-order valence-electron chi connectivity index (χ2n) is 7.03. The van der Waals surface area contributed by atoms with Gasteiger partial charge >= 0.3 is 0 Å². The van der Waals surface area contributed by atoms with E-state index in [1.807, 2.05) is 18.2 Å². The van der Waals surface area contributed by atoms with Crippen LogP contribution in [0.1, 0.15) is 6.42 Å². The van der Waals surface area contributed by atoms with Crippen LogP contribution in [0.2, 0.25) is 0 Å². The van der Waals surface area contributed by atoms with E-state index in [0.717, 1.165) is 49.9 Å². The van der Waals surface area contributed by atoms with Crippen LogP contribution in [0.5, 0.6) is 17.2 Å². The van der Waals surface area contributed by atoms with E-state index in [-0.39, 0.29) is 6.61 Å². The summed E-state index contributed by atoms with van der Waals surface area (Å²) in [6, 6.07) is 7.17. The summed E-state index contributed by atoms with van der Waals surface area (Å²) in [5, 5.41) is 0. The molecule has 1 fully saturated rings. The number of anilines is 1. The van der Waals surface area contributed by atoms with Crippen molar-refractivity contribution in [2.24, 2.45) is 0 Å². The molecule has 0 saturated carbocycles. The minimum absolute atomic E-state index is 0.164. The number of nitrogens with zero attached hydrogens (tertiary/aromatic N) is 2. The van der Waals surface area contributed by atoms with Gasteiger partial charge in [0.15, 0.2) is 28.9 Å². The van der Waals surface area contributed by atoms with Gasteiger partial charge in [0.2, 0.25) is 0 Å². The number of benzene rings is 2. The summed E-state index contributed by atoms with van der Waals surface area (Å²) in [5.74, 6) is -1.92. The number of hydrogen-bond donors (Lipinski definition) is 0. The van der Waals surface area contributed by atoms with Gasteiger partial charge < -0.3 is 19.1 Å². The number of rotatable bonds is 6. The third-order valence-electron chi connectivity index (χ3n) is 5.09. The zero-order valence-electron chi connectivity index (χ0n) is 16.0. The zero-order valence-corrected chi connectivity index (χ0v) is 16.0. The highest BCUT2D eigenvalue weighted by atomic mass is 19.1. The zero-order chi connectivity index (χ0) is 20.2. The van der Waals surface area contributed by atoms with Gasteiger partial charge in [0, 0.05) is 44.9 Å². The molecule has 5 nitrogen and oxygen atoms in total. The Morgan fingerprint density at radius 3 is 2.41 bits per heavy atom. The maximum absolute atomic E-state index is 13.6. The SMILES string of the molecule is Fc1cc(F)c(OCCCN2CCN(c3cccc4c3OCCO4)CC2)c(F)c1. The lowest BCUT2D eigenvalue weighted by Gasteiger charge is -2.37. The monoisotopic (exact) mass is 408 g/mol. The van der Waals surface area contributed by atoms with Gasteiger partial charge in [0.25, 0.3) is 0 Å². The largest absolute Gasteiger partial charge is 0.488 e. The fraction of sp³-hybridized carbons (Fsp3) is 0.429. The molecule has 156 valence electrons. The molecule has 2 aliphatic heterocycles. The summed E-state index contributed by atoms with van der Waals surface area (Å²) in [6.45, 7) is 5.47. The summed E-state index contributed by atoms with van der Waals surface area (Å²) < 4.78 is 56.7. The van der Waals surface area contributed by atoms with Crippen molar-refractivity contribution < 1.29 is 27.4 Å². The number of piperazine rings is 1. The first-order valence-corrected chi connectivity index (χ1v) is 9.75. The Morgan fingerprint density at radius 1 is 0.931 bits per heavy atom. The second kappa shape index (κ2) is 8.82. The Morgan fingerprint density at radius 2 is 1.66 bits per heavy atom. The van der Waals surface area contributed by atoms with Gasteiger partial charge in [-0.2, -0.15) is 0 Å². The van der Waals surface area contributed by atoms with E-state index in [4.69, 9.17) is 14.2 Å². The van der Waals surface area contributed by atoms with Crippen LogP contribution >= 0.6 is 0 Å². The maximum Gasteiger partial charge on any atom is 0.190 e. The van der Waals surface area contributed by atoms with E-state index < -0.39 is 23.2 Å². The van der Waals surface area contributed by atoms with Gasteiger partial charge in [0.1, 0.15) is 19.0 Å². The number of ether oxygens (including phenoxy) is 3. The van der Waals surface area contributed by atoms with Crippen molar-refractivity contribution in [3.8, 4) is 17.2 Å². The first-order valence-electron chi connectivity index (χ1n) is 9.75. The second-order valence-corrected chi connectivity index (χ2v) is 7.03. The van der Waals surface area contributed by atoms with Crippen LogP contribution in [0.25, 0.3) is 0 Å². The number of halogens is 3. The van der Waals surface area contributed by atoms with Crippen LogP contribution in [0.3, 0.4) is 0 Å². The molecular weight excluding hydrogens is 385 g/mol. The van der Waals surface area contributed by atoms with Crippen molar-refractivity contribution in [2.45, 2.75) is 6.42 Å². The van der Waals surface area contributed by atoms with Gasteiger partial charge in [-0.15, -0.1) is 0 Å². The van der Waals surface area contributed by atoms with Crippen LogP contribution in [0.4, 0.5) is 18.9 Å². The summed E-state index contributed by atoms with van der Waals surface area (Å²) in [4.78, 5) is 4.56. The first kappa shape index (κ1) is 19.7. The van der Waals surface area contributed by atoms with Gasteiger partial charge in [0.05, 0.1) is 12.3 Å². The number of para-hydroxylation sites is 1. The van der Waals surface area contributed by atoms with Crippen molar-refractivity contribution >= 4 is 5.69 Å². The van der Waals surface area contributed by atoms with Gasteiger partial charge in [-0.1, -0.05) is 6.07 Å². The van der Waals surface area contributed by atoms with Crippen molar-refractivity contribution in [3.05, 3.63) is 47.8 Å². The molecule has 2 heterocycles. The van der Waals surface area contributed by atoms with Crippen LogP contribution in [0.15, 0.2) is 30.3 Å². The number of hydrogen-bond acceptors (Lipinski definition) is 5. The molecule has 0 N–H and O–H groups in total. The highest BCUT2D eigenvalue weighted by Crippen LogP contribution is 2.39. The Bertz CT molecular complexity index is 834. The lowest BCUT2D eigenvalue weighted by atomic mass is 10.2. The Balaban J connectivity index is 1.24. The van der Waals surface area contributed by atoms with Crippen LogP contribution < -0.4 is 19.1 Å². The fourth-order valence-electron chi connectivity index (χ4n) is 3.65. The standard InChI is InChI=1S/C21H23F3N2O3/c22-15-13-16(23)20(17(24)14-15)28-10-2-5-25-6-8-26(9-7-25)18-3-1-4-19-21(18)29-12-11-27-19/h1,3-4,13-14H,2,5-12H2. The molecule has 0 aliphatic carbocycles. The molecule has 2 aromatic rings. The Labute approximate surface area is 167 Å². The van der Waals surface area contributed by atoms with Crippen LogP contribution in [0, 0.1) is 17.5 Å². The van der Waals surface area contributed by atoms with E-state index in [2.05, 4.69) is 9.80 Å². The fourth-order valence-corrected chi connectivity index (χ4v) is 3.65. The summed E-state index contributed by atoms with van der Waals surface area (Å²) in [7, 11) is 0. The van der Waals surface area contributed by atoms with E-state index in [0.29, 0.717) is 31.8 Å². The van der Waals surface area contributed by atoms with Crippen molar-refractivity contribution in [3.63, 3.8) is 0 Å². The summed E-state index contributed by atoms with van der Waals surface area (Å²) >= 11 is 0. The molecule has 0 spiro atoms. The first-order chi connectivity index (χ1) is 14.1. The van der Waals surface area contributed by atoms with Gasteiger partial charge in [-0.3, -0.25) is 4.90 Å². The molecule has 2 aromatic carbocycles. The molecule has 8 heteroatoms. The third-order valence-corrected chi connectivity index (χ3v) is 5.09. The molecule has 0 amide bonds. The smallest absolute Gasteiger partial charge is 0.190 e. The minimum atomic E-state index is -1.02.